The smallest absolute Gasteiger partial charge is 0.240 e. The molecule has 24 heavy (non-hydrogen) atoms. The van der Waals surface area contributed by atoms with E-state index in [-0.39, 0.29) is 19.1 Å². The lowest BCUT2D eigenvalue weighted by molar-refractivity contribution is -0.122. The molecule has 0 saturated heterocycles. The lowest BCUT2D eigenvalue weighted by Gasteiger charge is -2.17. The highest BCUT2D eigenvalue weighted by Crippen LogP contribution is 2.26. The van der Waals surface area contributed by atoms with Crippen molar-refractivity contribution in [1.82, 2.24) is 9.88 Å². The van der Waals surface area contributed by atoms with Crippen LogP contribution in [0.15, 0.2) is 60.8 Å². The zero-order valence-electron chi connectivity index (χ0n) is 13.5. The molecule has 0 spiro atoms. The molecule has 0 saturated carbocycles. The first-order chi connectivity index (χ1) is 11.7. The molecule has 0 aliphatic rings. The van der Waals surface area contributed by atoms with Gasteiger partial charge in [0, 0.05) is 11.6 Å². The van der Waals surface area contributed by atoms with Crippen LogP contribution in [0.3, 0.4) is 0 Å². The molecule has 124 valence electrons. The van der Waals surface area contributed by atoms with E-state index in [0.29, 0.717) is 0 Å². The number of carbonyl (C=O) groups is 1. The molecule has 5 nitrogen and oxygen atoms in total. The number of ether oxygens (including phenoxy) is 1. The molecule has 3 rings (SSSR count). The Morgan fingerprint density at radius 3 is 2.67 bits per heavy atom. The molecule has 1 heterocycles. The molecule has 1 amide bonds. The van der Waals surface area contributed by atoms with Crippen LogP contribution in [0, 0.1) is 0 Å². The quantitative estimate of drug-likeness (QED) is 0.732. The van der Waals surface area contributed by atoms with Crippen LogP contribution in [0.1, 0.15) is 11.6 Å². The SMILES string of the molecule is COc1cccc2c1ccn2CC(=O)N[C@@H](CO)c1ccccc1. The fraction of sp³-hybridized carbons (Fsp3) is 0.211. The van der Waals surface area contributed by atoms with Crippen LogP contribution in [0.2, 0.25) is 0 Å². The number of fused-ring (bicyclic) bond motifs is 1. The Labute approximate surface area is 140 Å². The van der Waals surface area contributed by atoms with Gasteiger partial charge >= 0.3 is 0 Å². The van der Waals surface area contributed by atoms with Crippen LogP contribution in [0.5, 0.6) is 5.75 Å². The summed E-state index contributed by atoms with van der Waals surface area (Å²) in [4.78, 5) is 12.4. The number of aliphatic hydroxyl groups excluding tert-OH is 1. The molecule has 2 aromatic carbocycles. The summed E-state index contributed by atoms with van der Waals surface area (Å²) in [5.41, 5.74) is 1.82. The Bertz CT molecular complexity index is 827. The van der Waals surface area contributed by atoms with Gasteiger partial charge in [-0.25, -0.2) is 0 Å². The summed E-state index contributed by atoms with van der Waals surface area (Å²) in [7, 11) is 1.63. The second-order valence-electron chi connectivity index (χ2n) is 5.55. The lowest BCUT2D eigenvalue weighted by atomic mass is 10.1. The van der Waals surface area contributed by atoms with Crippen molar-refractivity contribution in [2.45, 2.75) is 12.6 Å². The normalized spacial score (nSPS) is 12.1. The van der Waals surface area contributed by atoms with Gasteiger partial charge in [0.15, 0.2) is 0 Å². The Morgan fingerprint density at radius 1 is 1.17 bits per heavy atom. The predicted molar refractivity (Wildman–Crippen MR) is 92.9 cm³/mol. The van der Waals surface area contributed by atoms with Gasteiger partial charge < -0.3 is 19.7 Å². The molecule has 0 aliphatic carbocycles. The van der Waals surface area contributed by atoms with Crippen molar-refractivity contribution in [3.05, 3.63) is 66.4 Å². The third-order valence-electron chi connectivity index (χ3n) is 4.03. The van der Waals surface area contributed by atoms with Crippen molar-refractivity contribution < 1.29 is 14.6 Å². The molecule has 0 radical (unpaired) electrons. The minimum absolute atomic E-state index is 0.143. The van der Waals surface area contributed by atoms with Crippen LogP contribution in [-0.2, 0) is 11.3 Å². The van der Waals surface area contributed by atoms with Gasteiger partial charge in [-0.1, -0.05) is 36.4 Å². The Kier molecular flexibility index (Phi) is 4.82. The average Bonchev–Trinajstić information content (AvgIpc) is 3.03. The molecule has 1 aromatic heterocycles. The van der Waals surface area contributed by atoms with Crippen molar-refractivity contribution in [2.24, 2.45) is 0 Å². The number of amides is 1. The predicted octanol–water partition coefficient (Wildman–Crippen LogP) is 2.50. The van der Waals surface area contributed by atoms with Crippen molar-refractivity contribution in [3.8, 4) is 5.75 Å². The summed E-state index contributed by atoms with van der Waals surface area (Å²) in [5.74, 6) is 0.627. The van der Waals surface area contributed by atoms with Crippen LogP contribution >= 0.6 is 0 Å². The number of nitrogens with zero attached hydrogens (tertiary/aromatic N) is 1. The second-order valence-corrected chi connectivity index (χ2v) is 5.55. The monoisotopic (exact) mass is 324 g/mol. The van der Waals surface area contributed by atoms with Gasteiger partial charge in [-0.05, 0) is 23.8 Å². The number of carbonyl (C=O) groups excluding carboxylic acids is 1. The fourth-order valence-corrected chi connectivity index (χ4v) is 2.83. The van der Waals surface area contributed by atoms with E-state index in [0.717, 1.165) is 22.2 Å². The van der Waals surface area contributed by atoms with E-state index in [4.69, 9.17) is 4.74 Å². The van der Waals surface area contributed by atoms with Crippen molar-refractivity contribution >= 4 is 16.8 Å². The van der Waals surface area contributed by atoms with Gasteiger partial charge in [0.05, 0.1) is 25.3 Å². The number of methoxy groups -OCH3 is 1. The van der Waals surface area contributed by atoms with Gasteiger partial charge in [0.2, 0.25) is 5.91 Å². The minimum atomic E-state index is -0.407. The first kappa shape index (κ1) is 16.1. The number of nitrogens with one attached hydrogen (secondary N) is 1. The molecule has 3 aromatic rings. The van der Waals surface area contributed by atoms with E-state index in [9.17, 15) is 9.90 Å². The van der Waals surface area contributed by atoms with Gasteiger partial charge in [-0.15, -0.1) is 0 Å². The first-order valence-corrected chi connectivity index (χ1v) is 7.80. The highest BCUT2D eigenvalue weighted by molar-refractivity contribution is 5.88. The van der Waals surface area contributed by atoms with Crippen molar-refractivity contribution in [3.63, 3.8) is 0 Å². The Balaban J connectivity index is 1.75. The molecule has 5 heteroatoms. The van der Waals surface area contributed by atoms with Gasteiger partial charge in [-0.3, -0.25) is 4.79 Å². The molecular formula is C19H20N2O3. The van der Waals surface area contributed by atoms with Crippen LogP contribution in [0.4, 0.5) is 0 Å². The summed E-state index contributed by atoms with van der Waals surface area (Å²) in [6.07, 6.45) is 1.86. The molecule has 1 atom stereocenters. The number of benzene rings is 2. The highest BCUT2D eigenvalue weighted by atomic mass is 16.5. The van der Waals surface area contributed by atoms with Crippen LogP contribution in [0.25, 0.3) is 10.9 Å². The maximum atomic E-state index is 12.4. The molecule has 2 N–H and O–H groups in total. The summed E-state index contributed by atoms with van der Waals surface area (Å²) >= 11 is 0. The van der Waals surface area contributed by atoms with E-state index >= 15 is 0 Å². The maximum Gasteiger partial charge on any atom is 0.240 e. The molecular weight excluding hydrogens is 304 g/mol. The number of aliphatic hydroxyl groups is 1. The average molecular weight is 324 g/mol. The standard InChI is InChI=1S/C19H20N2O3/c1-24-18-9-5-8-17-15(18)10-11-21(17)12-19(23)20-16(13-22)14-6-3-2-4-7-14/h2-11,16,22H,12-13H2,1H3,(H,20,23)/t16-/m0/s1. The largest absolute Gasteiger partial charge is 0.496 e. The molecule has 0 fully saturated rings. The van der Waals surface area contributed by atoms with Crippen LogP contribution < -0.4 is 10.1 Å². The van der Waals surface area contributed by atoms with E-state index in [1.54, 1.807) is 7.11 Å². The Morgan fingerprint density at radius 2 is 1.96 bits per heavy atom. The topological polar surface area (TPSA) is 63.5 Å². The number of rotatable bonds is 6. The maximum absolute atomic E-state index is 12.4. The van der Waals surface area contributed by atoms with E-state index in [1.165, 1.54) is 0 Å². The number of aromatic nitrogens is 1. The van der Waals surface area contributed by atoms with Gasteiger partial charge in [0.1, 0.15) is 12.3 Å². The highest BCUT2D eigenvalue weighted by Gasteiger charge is 2.14. The van der Waals surface area contributed by atoms with Crippen molar-refractivity contribution in [2.75, 3.05) is 13.7 Å². The Hall–Kier alpha value is -2.79. The van der Waals surface area contributed by atoms with E-state index < -0.39 is 6.04 Å². The lowest BCUT2D eigenvalue weighted by Crippen LogP contribution is -2.33. The van der Waals surface area contributed by atoms with E-state index in [2.05, 4.69) is 5.32 Å². The summed E-state index contributed by atoms with van der Waals surface area (Å²) in [6.45, 7) is 0.0377. The second kappa shape index (κ2) is 7.19. The zero-order chi connectivity index (χ0) is 16.9. The van der Waals surface area contributed by atoms with Gasteiger partial charge in [-0.2, -0.15) is 0 Å². The van der Waals surface area contributed by atoms with E-state index in [1.807, 2.05) is 65.4 Å². The van der Waals surface area contributed by atoms with Crippen molar-refractivity contribution in [1.29, 1.82) is 0 Å². The minimum Gasteiger partial charge on any atom is -0.496 e. The fourth-order valence-electron chi connectivity index (χ4n) is 2.83. The zero-order valence-corrected chi connectivity index (χ0v) is 13.5. The molecule has 0 aliphatic heterocycles. The van der Waals surface area contributed by atoms with Crippen LogP contribution in [-0.4, -0.2) is 29.3 Å². The van der Waals surface area contributed by atoms with Gasteiger partial charge in [0.25, 0.3) is 0 Å². The number of hydrogen-bond acceptors (Lipinski definition) is 3. The first-order valence-electron chi connectivity index (χ1n) is 7.80. The summed E-state index contributed by atoms with van der Waals surface area (Å²) < 4.78 is 7.21. The molecule has 0 bridgehead atoms. The summed E-state index contributed by atoms with van der Waals surface area (Å²) in [6, 6.07) is 16.7. The number of hydrogen-bond donors (Lipinski definition) is 2. The summed E-state index contributed by atoms with van der Waals surface area (Å²) in [5, 5.41) is 13.4. The molecule has 0 unspecified atom stereocenters. The third kappa shape index (κ3) is 3.26. The third-order valence-corrected chi connectivity index (χ3v) is 4.03.